The molecule has 1 aromatic heterocycles. The van der Waals surface area contributed by atoms with E-state index in [0.717, 1.165) is 4.47 Å². The largest absolute Gasteiger partial charge is 0.482 e. The van der Waals surface area contributed by atoms with E-state index < -0.39 is 0 Å². The Hall–Kier alpha value is -1.72. The highest BCUT2D eigenvalue weighted by molar-refractivity contribution is 9.10. The molecule has 0 saturated heterocycles. The van der Waals surface area contributed by atoms with Gasteiger partial charge in [-0.25, -0.2) is 4.98 Å². The first-order valence-electron chi connectivity index (χ1n) is 5.84. The van der Waals surface area contributed by atoms with E-state index >= 15 is 0 Å². The van der Waals surface area contributed by atoms with Crippen molar-refractivity contribution in [2.24, 2.45) is 0 Å². The minimum atomic E-state index is 0.199. The molecule has 2 aromatic carbocycles. The lowest BCUT2D eigenvalue weighted by Gasteiger charge is -2.05. The Morgan fingerprint density at radius 3 is 2.95 bits per heavy atom. The molecule has 0 aliphatic carbocycles. The molecule has 0 atom stereocenters. The van der Waals surface area contributed by atoms with Gasteiger partial charge in [-0.1, -0.05) is 27.5 Å². The Labute approximate surface area is 128 Å². The highest BCUT2D eigenvalue weighted by Crippen LogP contribution is 2.29. The van der Waals surface area contributed by atoms with Crippen molar-refractivity contribution in [1.29, 1.82) is 0 Å². The number of anilines is 1. The maximum Gasteiger partial charge on any atom is 0.233 e. The number of ether oxygens (including phenoxy) is 1. The molecular weight excluding hydrogens is 344 g/mol. The number of oxazole rings is 1. The summed E-state index contributed by atoms with van der Waals surface area (Å²) in [6.07, 6.45) is 0. The van der Waals surface area contributed by atoms with E-state index in [1.165, 1.54) is 0 Å². The topological polar surface area (TPSA) is 61.3 Å². The van der Waals surface area contributed by atoms with E-state index in [4.69, 9.17) is 26.5 Å². The molecule has 0 bridgehead atoms. The van der Waals surface area contributed by atoms with Crippen LogP contribution in [0, 0.1) is 0 Å². The Kier molecular flexibility index (Phi) is 3.54. The zero-order valence-electron chi connectivity index (χ0n) is 10.3. The van der Waals surface area contributed by atoms with Gasteiger partial charge in [0.2, 0.25) is 5.89 Å². The Bertz CT molecular complexity index is 773. The number of hydrogen-bond donors (Lipinski definition) is 1. The molecule has 6 heteroatoms. The highest BCUT2D eigenvalue weighted by Gasteiger charge is 2.08. The molecule has 0 radical (unpaired) electrons. The van der Waals surface area contributed by atoms with Crippen LogP contribution in [-0.2, 0) is 6.61 Å². The quantitative estimate of drug-likeness (QED) is 0.709. The number of nitrogen functional groups attached to an aromatic ring is 1. The summed E-state index contributed by atoms with van der Waals surface area (Å²) in [5.74, 6) is 1.05. The second-order valence-electron chi connectivity index (χ2n) is 4.20. The fraction of sp³-hybridized carbons (Fsp3) is 0.0714. The molecule has 0 unspecified atom stereocenters. The van der Waals surface area contributed by atoms with Crippen LogP contribution in [0.15, 0.2) is 45.3 Å². The molecule has 1 heterocycles. The van der Waals surface area contributed by atoms with Crippen LogP contribution in [0.5, 0.6) is 5.75 Å². The van der Waals surface area contributed by atoms with Crippen molar-refractivity contribution in [1.82, 2.24) is 4.98 Å². The summed E-state index contributed by atoms with van der Waals surface area (Å²) in [5, 5.41) is 0.536. The molecule has 0 fully saturated rings. The molecule has 0 aliphatic heterocycles. The van der Waals surface area contributed by atoms with Crippen molar-refractivity contribution in [3.05, 3.63) is 51.8 Å². The molecule has 0 amide bonds. The third kappa shape index (κ3) is 2.73. The number of nitrogens with zero attached hydrogens (tertiary/aromatic N) is 1. The normalized spacial score (nSPS) is 10.9. The SMILES string of the molecule is Nc1ccc2oc(COc3cc(Br)ccc3Cl)nc2c1. The second-order valence-corrected chi connectivity index (χ2v) is 5.52. The lowest BCUT2D eigenvalue weighted by atomic mass is 10.3. The van der Waals surface area contributed by atoms with Gasteiger partial charge in [0.1, 0.15) is 11.3 Å². The maximum atomic E-state index is 6.05. The molecule has 4 nitrogen and oxygen atoms in total. The van der Waals surface area contributed by atoms with Crippen LogP contribution in [-0.4, -0.2) is 4.98 Å². The molecule has 3 aromatic rings. The first-order chi connectivity index (χ1) is 9.61. The summed E-state index contributed by atoms with van der Waals surface area (Å²) >= 11 is 9.42. The van der Waals surface area contributed by atoms with Crippen molar-refractivity contribution in [3.8, 4) is 5.75 Å². The van der Waals surface area contributed by atoms with Gasteiger partial charge in [-0.05, 0) is 36.4 Å². The van der Waals surface area contributed by atoms with Gasteiger partial charge in [0, 0.05) is 10.2 Å². The smallest absolute Gasteiger partial charge is 0.233 e. The van der Waals surface area contributed by atoms with E-state index in [0.29, 0.717) is 33.4 Å². The molecule has 0 aliphatic rings. The fourth-order valence-corrected chi connectivity index (χ4v) is 2.29. The Morgan fingerprint density at radius 2 is 2.10 bits per heavy atom. The standard InChI is InChI=1S/C14H10BrClN2O2/c15-8-1-3-10(16)13(5-8)19-7-14-18-11-6-9(17)2-4-12(11)20-14/h1-6H,7,17H2. The number of halogens is 2. The third-order valence-corrected chi connectivity index (χ3v) is 3.51. The minimum absolute atomic E-state index is 0.199. The monoisotopic (exact) mass is 352 g/mol. The molecule has 102 valence electrons. The molecule has 3 rings (SSSR count). The minimum Gasteiger partial charge on any atom is -0.482 e. The van der Waals surface area contributed by atoms with Gasteiger partial charge in [-0.15, -0.1) is 0 Å². The summed E-state index contributed by atoms with van der Waals surface area (Å²) in [6, 6.07) is 10.7. The zero-order valence-corrected chi connectivity index (χ0v) is 12.6. The van der Waals surface area contributed by atoms with Crippen LogP contribution in [0.2, 0.25) is 5.02 Å². The first kappa shape index (κ1) is 13.3. The van der Waals surface area contributed by atoms with Crippen LogP contribution in [0.1, 0.15) is 5.89 Å². The van der Waals surface area contributed by atoms with Crippen LogP contribution in [0.4, 0.5) is 5.69 Å². The van der Waals surface area contributed by atoms with Crippen LogP contribution < -0.4 is 10.5 Å². The Balaban J connectivity index is 1.81. The molecule has 2 N–H and O–H groups in total. The van der Waals surface area contributed by atoms with Gasteiger partial charge in [0.15, 0.2) is 12.2 Å². The van der Waals surface area contributed by atoms with E-state index in [2.05, 4.69) is 20.9 Å². The van der Waals surface area contributed by atoms with Crippen molar-refractivity contribution >= 4 is 44.3 Å². The summed E-state index contributed by atoms with van der Waals surface area (Å²) in [6.45, 7) is 0.199. The van der Waals surface area contributed by atoms with Crippen molar-refractivity contribution < 1.29 is 9.15 Å². The second kappa shape index (κ2) is 5.34. The highest BCUT2D eigenvalue weighted by atomic mass is 79.9. The predicted molar refractivity (Wildman–Crippen MR) is 81.9 cm³/mol. The van der Waals surface area contributed by atoms with E-state index in [1.54, 1.807) is 30.3 Å². The van der Waals surface area contributed by atoms with Crippen LogP contribution in [0.3, 0.4) is 0 Å². The zero-order chi connectivity index (χ0) is 14.1. The number of rotatable bonds is 3. The van der Waals surface area contributed by atoms with Gasteiger partial charge in [0.05, 0.1) is 5.02 Å². The molecule has 20 heavy (non-hydrogen) atoms. The lowest BCUT2D eigenvalue weighted by Crippen LogP contribution is -1.96. The number of fused-ring (bicyclic) bond motifs is 1. The predicted octanol–water partition coefficient (Wildman–Crippen LogP) is 4.40. The van der Waals surface area contributed by atoms with Crippen molar-refractivity contribution in [2.45, 2.75) is 6.61 Å². The lowest BCUT2D eigenvalue weighted by molar-refractivity contribution is 0.267. The first-order valence-corrected chi connectivity index (χ1v) is 7.02. The summed E-state index contributed by atoms with van der Waals surface area (Å²) in [5.41, 5.74) is 7.74. The van der Waals surface area contributed by atoms with Crippen molar-refractivity contribution in [3.63, 3.8) is 0 Å². The van der Waals surface area contributed by atoms with E-state index in [-0.39, 0.29) is 6.61 Å². The van der Waals surface area contributed by atoms with E-state index in [1.807, 2.05) is 6.07 Å². The summed E-state index contributed by atoms with van der Waals surface area (Å²) < 4.78 is 12.1. The van der Waals surface area contributed by atoms with Gasteiger partial charge >= 0.3 is 0 Å². The number of benzene rings is 2. The fourth-order valence-electron chi connectivity index (χ4n) is 1.78. The maximum absolute atomic E-state index is 6.05. The average molecular weight is 354 g/mol. The molecule has 0 spiro atoms. The van der Waals surface area contributed by atoms with E-state index in [9.17, 15) is 0 Å². The average Bonchev–Trinajstić information content (AvgIpc) is 2.81. The molecule has 0 saturated carbocycles. The van der Waals surface area contributed by atoms with Gasteiger partial charge < -0.3 is 14.9 Å². The number of nitrogens with two attached hydrogens (primary N) is 1. The summed E-state index contributed by atoms with van der Waals surface area (Å²) in [7, 11) is 0. The third-order valence-electron chi connectivity index (χ3n) is 2.70. The van der Waals surface area contributed by atoms with Gasteiger partial charge in [0.25, 0.3) is 0 Å². The summed E-state index contributed by atoms with van der Waals surface area (Å²) in [4.78, 5) is 4.31. The van der Waals surface area contributed by atoms with Gasteiger partial charge in [-0.3, -0.25) is 0 Å². The van der Waals surface area contributed by atoms with Crippen LogP contribution in [0.25, 0.3) is 11.1 Å². The Morgan fingerprint density at radius 1 is 1.25 bits per heavy atom. The van der Waals surface area contributed by atoms with Crippen molar-refractivity contribution in [2.75, 3.05) is 5.73 Å². The van der Waals surface area contributed by atoms with Crippen LogP contribution >= 0.6 is 27.5 Å². The number of aromatic nitrogens is 1. The number of hydrogen-bond acceptors (Lipinski definition) is 4. The van der Waals surface area contributed by atoms with Gasteiger partial charge in [-0.2, -0.15) is 0 Å². The molecular formula is C14H10BrClN2O2.